The maximum absolute atomic E-state index is 11.5. The summed E-state index contributed by atoms with van der Waals surface area (Å²) in [5.74, 6) is 0. The molecule has 0 bridgehead atoms. The molecule has 0 saturated carbocycles. The van der Waals surface area contributed by atoms with Gasteiger partial charge in [0.05, 0.1) is 16.2 Å². The third-order valence-electron chi connectivity index (χ3n) is 2.56. The van der Waals surface area contributed by atoms with Crippen LogP contribution < -0.4 is 4.72 Å². The molecular weight excluding hydrogens is 352 g/mol. The number of nitrogens with zero attached hydrogens (tertiary/aromatic N) is 1. The predicted octanol–water partition coefficient (Wildman–Crippen LogP) is 4.61. The van der Waals surface area contributed by atoms with Gasteiger partial charge in [0.2, 0.25) is 0 Å². The third-order valence-corrected chi connectivity index (χ3v) is 4.16. The third kappa shape index (κ3) is 4.25. The molecule has 0 amide bonds. The average molecular weight is 364 g/mol. The minimum atomic E-state index is -2.41. The largest absolute Gasteiger partial charge is 0.358 e. The molecule has 0 saturated heterocycles. The van der Waals surface area contributed by atoms with Gasteiger partial charge in [-0.1, -0.05) is 23.7 Å². The maximum atomic E-state index is 11.5. The van der Waals surface area contributed by atoms with E-state index in [4.69, 9.17) is 11.6 Å². The Hall–Kier alpha value is -1.51. The van der Waals surface area contributed by atoms with Gasteiger partial charge < -0.3 is 9.71 Å². The van der Waals surface area contributed by atoms with Crippen molar-refractivity contribution in [1.82, 2.24) is 9.97 Å². The molecule has 0 aliphatic carbocycles. The Morgan fingerprint density at radius 1 is 1.45 bits per heavy atom. The first kappa shape index (κ1) is 16.9. The van der Waals surface area contributed by atoms with Gasteiger partial charge in [0.1, 0.15) is 11.0 Å². The molecule has 1 aromatic carbocycles. The summed E-state index contributed by atoms with van der Waals surface area (Å²) in [6.07, 6.45) is 2.26. The smallest absolute Gasteiger partial charge is 0.289 e. The lowest BCUT2D eigenvalue weighted by Gasteiger charge is -2.03. The number of fused-ring (bicyclic) bond motifs is 1. The van der Waals surface area contributed by atoms with Gasteiger partial charge in [0, 0.05) is 29.4 Å². The Bertz CT molecular complexity index is 762. The number of H-pyrrole nitrogens is 1. The molecule has 22 heavy (non-hydrogen) atoms. The molecule has 2 aromatic heterocycles. The molecule has 118 valence electrons. The van der Waals surface area contributed by atoms with Gasteiger partial charge in [-0.3, -0.25) is 0 Å². The second-order valence-corrected chi connectivity index (χ2v) is 6.54. The quantitative estimate of drug-likeness (QED) is 0.714. The Balaban J connectivity index is 0.000000188. The normalized spacial score (nSPS) is 12.0. The van der Waals surface area contributed by atoms with Crippen LogP contribution in [-0.4, -0.2) is 20.4 Å². The summed E-state index contributed by atoms with van der Waals surface area (Å²) in [6, 6.07) is 5.64. The number of rotatable bonds is 3. The Morgan fingerprint density at radius 2 is 2.23 bits per heavy atom. The van der Waals surface area contributed by atoms with Crippen LogP contribution in [0.5, 0.6) is 0 Å². The highest BCUT2D eigenvalue weighted by Crippen LogP contribution is 2.28. The van der Waals surface area contributed by atoms with E-state index < -0.39 is 17.4 Å². The number of alkyl halides is 2. The molecule has 0 fully saturated rings. The SMILES string of the molecule is CS(=O)Nc1cccc2c(Cl)c[nH]c12.FC(F)c1nccs1. The van der Waals surface area contributed by atoms with E-state index in [9.17, 15) is 13.0 Å². The fraction of sp³-hybridized carbons (Fsp3) is 0.154. The lowest BCUT2D eigenvalue weighted by molar-refractivity contribution is 0.151. The lowest BCUT2D eigenvalue weighted by Crippen LogP contribution is -2.01. The number of hydrogen-bond acceptors (Lipinski definition) is 3. The Labute approximate surface area is 137 Å². The van der Waals surface area contributed by atoms with E-state index in [2.05, 4.69) is 14.7 Å². The summed E-state index contributed by atoms with van der Waals surface area (Å²) in [5, 5.41) is 3.03. The first-order valence-electron chi connectivity index (χ1n) is 6.02. The Kier molecular flexibility index (Phi) is 5.87. The minimum absolute atomic E-state index is 0.106. The van der Waals surface area contributed by atoms with Crippen LogP contribution in [-0.2, 0) is 11.0 Å². The zero-order valence-electron chi connectivity index (χ0n) is 11.3. The molecule has 0 aliphatic rings. The summed E-state index contributed by atoms with van der Waals surface area (Å²) in [5.41, 5.74) is 1.68. The topological polar surface area (TPSA) is 57.8 Å². The standard InChI is InChI=1S/C9H9ClN2OS.C4H3F2NS/c1-14(13)12-8-4-2-3-6-7(10)5-11-9(6)8;5-3(6)4-7-1-2-8-4/h2-5,11-12H,1H3;1-3H. The molecule has 2 heterocycles. The highest BCUT2D eigenvalue weighted by molar-refractivity contribution is 7.85. The number of anilines is 1. The fourth-order valence-corrected chi connectivity index (χ4v) is 2.88. The number of thiazole rings is 1. The maximum Gasteiger partial charge on any atom is 0.289 e. The van der Waals surface area contributed by atoms with Crippen LogP contribution in [0.15, 0.2) is 36.0 Å². The van der Waals surface area contributed by atoms with Crippen LogP contribution in [0.2, 0.25) is 5.02 Å². The number of aromatic amines is 1. The van der Waals surface area contributed by atoms with Crippen molar-refractivity contribution in [2.75, 3.05) is 11.0 Å². The van der Waals surface area contributed by atoms with Gasteiger partial charge in [-0.2, -0.15) is 0 Å². The monoisotopic (exact) mass is 363 g/mol. The van der Waals surface area contributed by atoms with E-state index >= 15 is 0 Å². The number of benzene rings is 1. The van der Waals surface area contributed by atoms with E-state index in [0.29, 0.717) is 5.02 Å². The van der Waals surface area contributed by atoms with Gasteiger partial charge >= 0.3 is 0 Å². The van der Waals surface area contributed by atoms with Gasteiger partial charge in [0.25, 0.3) is 6.43 Å². The van der Waals surface area contributed by atoms with Crippen molar-refractivity contribution >= 4 is 50.5 Å². The zero-order chi connectivity index (χ0) is 16.1. The summed E-state index contributed by atoms with van der Waals surface area (Å²) >= 11 is 6.92. The Morgan fingerprint density at radius 3 is 2.77 bits per heavy atom. The van der Waals surface area contributed by atoms with E-state index in [0.717, 1.165) is 27.9 Å². The van der Waals surface area contributed by atoms with Crippen molar-refractivity contribution in [2.24, 2.45) is 0 Å². The molecule has 0 spiro atoms. The molecule has 1 unspecified atom stereocenters. The van der Waals surface area contributed by atoms with Crippen molar-refractivity contribution < 1.29 is 13.0 Å². The van der Waals surface area contributed by atoms with Crippen LogP contribution in [0, 0.1) is 0 Å². The fourth-order valence-electron chi connectivity index (χ4n) is 1.70. The van der Waals surface area contributed by atoms with Crippen molar-refractivity contribution in [3.05, 3.63) is 46.0 Å². The van der Waals surface area contributed by atoms with Crippen molar-refractivity contribution in [1.29, 1.82) is 0 Å². The number of halogens is 3. The van der Waals surface area contributed by atoms with Gasteiger partial charge in [-0.25, -0.2) is 18.0 Å². The minimum Gasteiger partial charge on any atom is -0.358 e. The van der Waals surface area contributed by atoms with Crippen LogP contribution in [0.25, 0.3) is 10.9 Å². The second kappa shape index (κ2) is 7.66. The molecule has 1 atom stereocenters. The highest BCUT2D eigenvalue weighted by Gasteiger charge is 2.07. The van der Waals surface area contributed by atoms with Crippen molar-refractivity contribution in [3.8, 4) is 0 Å². The first-order valence-corrected chi connectivity index (χ1v) is 8.84. The van der Waals surface area contributed by atoms with E-state index in [-0.39, 0.29) is 5.01 Å². The molecule has 0 radical (unpaired) electrons. The van der Waals surface area contributed by atoms with Crippen LogP contribution in [0.3, 0.4) is 0 Å². The summed E-state index contributed by atoms with van der Waals surface area (Å²) < 4.78 is 37.0. The second-order valence-electron chi connectivity index (χ2n) is 4.09. The summed E-state index contributed by atoms with van der Waals surface area (Å²) in [4.78, 5) is 6.42. The van der Waals surface area contributed by atoms with Crippen molar-refractivity contribution in [2.45, 2.75) is 6.43 Å². The predicted molar refractivity (Wildman–Crippen MR) is 88.1 cm³/mol. The van der Waals surface area contributed by atoms with Gasteiger partial charge in [-0.15, -0.1) is 11.3 Å². The van der Waals surface area contributed by atoms with Gasteiger partial charge in [-0.05, 0) is 6.07 Å². The molecule has 3 rings (SSSR count). The van der Waals surface area contributed by atoms with Crippen molar-refractivity contribution in [3.63, 3.8) is 0 Å². The number of para-hydroxylation sites is 1. The lowest BCUT2D eigenvalue weighted by atomic mass is 10.2. The molecule has 9 heteroatoms. The molecule has 3 aromatic rings. The highest BCUT2D eigenvalue weighted by atomic mass is 35.5. The van der Waals surface area contributed by atoms with E-state index in [1.165, 1.54) is 11.6 Å². The first-order chi connectivity index (χ1) is 10.5. The zero-order valence-corrected chi connectivity index (χ0v) is 13.7. The summed E-state index contributed by atoms with van der Waals surface area (Å²) in [7, 11) is -1.08. The van der Waals surface area contributed by atoms with Gasteiger partial charge in [0.15, 0.2) is 5.01 Å². The molecule has 0 aliphatic heterocycles. The van der Waals surface area contributed by atoms with E-state index in [1.807, 2.05) is 18.2 Å². The van der Waals surface area contributed by atoms with Crippen LogP contribution >= 0.6 is 22.9 Å². The molecule has 2 N–H and O–H groups in total. The van der Waals surface area contributed by atoms with Crippen LogP contribution in [0.1, 0.15) is 11.4 Å². The molecule has 4 nitrogen and oxygen atoms in total. The number of aromatic nitrogens is 2. The van der Waals surface area contributed by atoms with E-state index in [1.54, 1.807) is 12.5 Å². The number of nitrogens with one attached hydrogen (secondary N) is 2. The molecular formula is C13H12ClF2N3OS2. The average Bonchev–Trinajstić information content (AvgIpc) is 3.10. The van der Waals surface area contributed by atoms with Crippen LogP contribution in [0.4, 0.5) is 14.5 Å². The number of hydrogen-bond donors (Lipinski definition) is 2. The summed E-state index contributed by atoms with van der Waals surface area (Å²) in [6.45, 7) is 0.